The third-order valence-electron chi connectivity index (χ3n) is 2.79. The molecule has 15 heavy (non-hydrogen) atoms. The van der Waals surface area contributed by atoms with Crippen LogP contribution in [0.15, 0.2) is 6.33 Å². The molecular weight excluding hydrogens is 214 g/mol. The third kappa shape index (κ3) is 1.73. The molecule has 1 aliphatic heterocycles. The van der Waals surface area contributed by atoms with Crippen molar-refractivity contribution in [3.05, 3.63) is 12.2 Å². The molecule has 0 radical (unpaired) electrons. The Kier molecular flexibility index (Phi) is 2.95. The number of esters is 1. The minimum atomic E-state index is -0.601. The quantitative estimate of drug-likeness (QED) is 0.755. The number of hydrogen-bond donors (Lipinski definition) is 1. The monoisotopic (exact) mass is 227 g/mol. The van der Waals surface area contributed by atoms with Crippen molar-refractivity contribution in [1.29, 1.82) is 0 Å². The Hall–Kier alpha value is -1.04. The Morgan fingerprint density at radius 2 is 2.33 bits per heavy atom. The third-order valence-corrected chi connectivity index (χ3v) is 3.78. The van der Waals surface area contributed by atoms with E-state index in [1.807, 2.05) is 11.8 Å². The van der Waals surface area contributed by atoms with Crippen LogP contribution in [0.25, 0.3) is 0 Å². The van der Waals surface area contributed by atoms with Gasteiger partial charge in [0.15, 0.2) is 0 Å². The molecule has 5 nitrogen and oxygen atoms in total. The first-order valence-corrected chi connectivity index (χ1v) is 5.97. The second kappa shape index (κ2) is 4.22. The number of nitrogens with zero attached hydrogens (tertiary/aromatic N) is 2. The normalized spacial score (nSPS) is 19.8. The first-order valence-electron chi connectivity index (χ1n) is 4.81. The minimum absolute atomic E-state index is 0.209. The van der Waals surface area contributed by atoms with Gasteiger partial charge in [-0.05, 0) is 24.3 Å². The van der Waals surface area contributed by atoms with Gasteiger partial charge >= 0.3 is 5.97 Å². The predicted molar refractivity (Wildman–Crippen MR) is 56.6 cm³/mol. The van der Waals surface area contributed by atoms with Crippen LogP contribution >= 0.6 is 11.8 Å². The number of nitrogens with one attached hydrogen (secondary N) is 1. The van der Waals surface area contributed by atoms with Gasteiger partial charge in [-0.3, -0.25) is 9.89 Å². The van der Waals surface area contributed by atoms with Crippen molar-refractivity contribution in [3.63, 3.8) is 0 Å². The Balaban J connectivity index is 2.34. The van der Waals surface area contributed by atoms with Crippen LogP contribution in [0.5, 0.6) is 0 Å². The summed E-state index contributed by atoms with van der Waals surface area (Å²) in [6, 6.07) is 0. The highest BCUT2D eigenvalue weighted by Gasteiger charge is 2.45. The lowest BCUT2D eigenvalue weighted by Crippen LogP contribution is -2.41. The van der Waals surface area contributed by atoms with Gasteiger partial charge in [-0.15, -0.1) is 0 Å². The summed E-state index contributed by atoms with van der Waals surface area (Å²) in [6.45, 7) is 0. The molecule has 0 bridgehead atoms. The molecule has 0 spiro atoms. The highest BCUT2D eigenvalue weighted by atomic mass is 32.2. The van der Waals surface area contributed by atoms with E-state index in [0.29, 0.717) is 5.82 Å². The average Bonchev–Trinajstić information content (AvgIpc) is 2.83. The van der Waals surface area contributed by atoms with Crippen molar-refractivity contribution in [1.82, 2.24) is 15.2 Å². The van der Waals surface area contributed by atoms with E-state index in [9.17, 15) is 4.79 Å². The van der Waals surface area contributed by atoms with Gasteiger partial charge in [-0.25, -0.2) is 4.98 Å². The van der Waals surface area contributed by atoms with E-state index in [1.54, 1.807) is 0 Å². The molecule has 0 aromatic carbocycles. The number of carbonyl (C=O) groups excluding carboxylic acids is 1. The number of hydrogen-bond acceptors (Lipinski definition) is 5. The summed E-state index contributed by atoms with van der Waals surface area (Å²) < 4.78 is 4.88. The van der Waals surface area contributed by atoms with Gasteiger partial charge in [0.2, 0.25) is 0 Å². The van der Waals surface area contributed by atoms with Crippen LogP contribution in [-0.2, 0) is 14.9 Å². The smallest absolute Gasteiger partial charge is 0.319 e. The minimum Gasteiger partial charge on any atom is -0.468 e. The molecule has 0 unspecified atom stereocenters. The Bertz CT molecular complexity index is 333. The number of H-pyrrole nitrogens is 1. The molecule has 82 valence electrons. The molecule has 0 saturated carbocycles. The summed E-state index contributed by atoms with van der Waals surface area (Å²) in [5.41, 5.74) is -0.601. The first-order chi connectivity index (χ1) is 7.29. The fourth-order valence-corrected chi connectivity index (χ4v) is 3.08. The van der Waals surface area contributed by atoms with Crippen molar-refractivity contribution in [2.45, 2.75) is 18.3 Å². The van der Waals surface area contributed by atoms with E-state index in [4.69, 9.17) is 4.74 Å². The lowest BCUT2D eigenvalue weighted by atomic mass is 9.81. The van der Waals surface area contributed by atoms with Crippen molar-refractivity contribution >= 4 is 17.7 Å². The molecule has 0 atom stereocenters. The van der Waals surface area contributed by atoms with Crippen LogP contribution in [0.4, 0.5) is 0 Å². The van der Waals surface area contributed by atoms with Crippen LogP contribution in [-0.4, -0.2) is 39.8 Å². The maximum Gasteiger partial charge on any atom is 0.319 e. The molecule has 1 aliphatic rings. The van der Waals surface area contributed by atoms with Gasteiger partial charge in [0.05, 0.1) is 7.11 Å². The molecule has 0 amide bonds. The molecule has 2 heterocycles. The van der Waals surface area contributed by atoms with E-state index in [-0.39, 0.29) is 5.97 Å². The van der Waals surface area contributed by atoms with Crippen LogP contribution < -0.4 is 0 Å². The fourth-order valence-electron chi connectivity index (χ4n) is 1.89. The van der Waals surface area contributed by atoms with Crippen LogP contribution in [0.1, 0.15) is 18.7 Å². The van der Waals surface area contributed by atoms with Gasteiger partial charge in [-0.2, -0.15) is 16.9 Å². The van der Waals surface area contributed by atoms with Crippen LogP contribution in [0, 0.1) is 0 Å². The maximum absolute atomic E-state index is 11.9. The highest BCUT2D eigenvalue weighted by molar-refractivity contribution is 7.99. The Labute approximate surface area is 92.0 Å². The zero-order valence-electron chi connectivity index (χ0n) is 8.52. The number of rotatable bonds is 2. The standard InChI is InChI=1S/C9H13N3O2S/c1-14-8(13)9(2-4-15-5-3-9)7-10-6-11-12-7/h6H,2-5H2,1H3,(H,10,11,12). The van der Waals surface area contributed by atoms with Gasteiger partial charge in [0.1, 0.15) is 17.6 Å². The molecule has 1 aromatic heterocycles. The number of ether oxygens (including phenoxy) is 1. The average molecular weight is 227 g/mol. The molecule has 6 heteroatoms. The van der Waals surface area contributed by atoms with Crippen molar-refractivity contribution < 1.29 is 9.53 Å². The SMILES string of the molecule is COC(=O)C1(c2ncn[nH]2)CCSCC1. The van der Waals surface area contributed by atoms with Crippen molar-refractivity contribution in [2.75, 3.05) is 18.6 Å². The van der Waals surface area contributed by atoms with Crippen molar-refractivity contribution in [2.24, 2.45) is 0 Å². The first kappa shape index (κ1) is 10.5. The van der Waals surface area contributed by atoms with Gasteiger partial charge in [-0.1, -0.05) is 0 Å². The largest absolute Gasteiger partial charge is 0.468 e. The van der Waals surface area contributed by atoms with E-state index in [2.05, 4.69) is 15.2 Å². The van der Waals surface area contributed by atoms with Gasteiger partial charge < -0.3 is 4.74 Å². The predicted octanol–water partition coefficient (Wildman–Crippen LogP) is 0.742. The molecule has 1 N–H and O–H groups in total. The lowest BCUT2D eigenvalue weighted by molar-refractivity contribution is -0.148. The molecule has 2 rings (SSSR count). The number of thioether (sulfide) groups is 1. The summed E-state index contributed by atoms with van der Waals surface area (Å²) in [4.78, 5) is 16.0. The number of aromatic nitrogens is 3. The van der Waals surface area contributed by atoms with Crippen molar-refractivity contribution in [3.8, 4) is 0 Å². The molecule has 1 fully saturated rings. The summed E-state index contributed by atoms with van der Waals surface area (Å²) in [6.07, 6.45) is 2.96. The summed E-state index contributed by atoms with van der Waals surface area (Å²) in [7, 11) is 1.42. The zero-order chi connectivity index (χ0) is 10.7. The second-order valence-electron chi connectivity index (χ2n) is 3.52. The number of aromatic amines is 1. The van der Waals surface area contributed by atoms with Crippen LogP contribution in [0.2, 0.25) is 0 Å². The van der Waals surface area contributed by atoms with Gasteiger partial charge in [0.25, 0.3) is 0 Å². The Morgan fingerprint density at radius 1 is 1.60 bits per heavy atom. The lowest BCUT2D eigenvalue weighted by Gasteiger charge is -2.31. The van der Waals surface area contributed by atoms with E-state index >= 15 is 0 Å². The highest BCUT2D eigenvalue weighted by Crippen LogP contribution is 2.37. The molecular formula is C9H13N3O2S. The fraction of sp³-hybridized carbons (Fsp3) is 0.667. The van der Waals surface area contributed by atoms with E-state index < -0.39 is 5.41 Å². The Morgan fingerprint density at radius 3 is 2.87 bits per heavy atom. The summed E-state index contributed by atoms with van der Waals surface area (Å²) in [5.74, 6) is 2.33. The maximum atomic E-state index is 11.9. The zero-order valence-corrected chi connectivity index (χ0v) is 9.34. The molecule has 1 saturated heterocycles. The summed E-state index contributed by atoms with van der Waals surface area (Å²) >= 11 is 1.85. The van der Waals surface area contributed by atoms with Crippen LogP contribution in [0.3, 0.4) is 0 Å². The molecule has 1 aromatic rings. The number of methoxy groups -OCH3 is 1. The molecule has 0 aliphatic carbocycles. The van der Waals surface area contributed by atoms with E-state index in [1.165, 1.54) is 13.4 Å². The summed E-state index contributed by atoms with van der Waals surface area (Å²) in [5, 5.41) is 6.60. The van der Waals surface area contributed by atoms with Gasteiger partial charge in [0, 0.05) is 0 Å². The second-order valence-corrected chi connectivity index (χ2v) is 4.74. The number of carbonyl (C=O) groups is 1. The topological polar surface area (TPSA) is 67.9 Å². The van der Waals surface area contributed by atoms with E-state index in [0.717, 1.165) is 24.3 Å².